The lowest BCUT2D eigenvalue weighted by Crippen LogP contribution is -2.11. The molecule has 2 N–H and O–H groups in total. The topological polar surface area (TPSA) is 44.9 Å². The highest BCUT2D eigenvalue weighted by molar-refractivity contribution is 5.82. The molecule has 100 valence electrons. The molecule has 3 rings (SSSR count). The number of aryl methyl sites for hydroxylation is 2. The van der Waals surface area contributed by atoms with Gasteiger partial charge in [0.25, 0.3) is 5.56 Å². The zero-order chi connectivity index (χ0) is 14.1. The summed E-state index contributed by atoms with van der Waals surface area (Å²) in [6, 6.07) is 15.7. The number of benzene rings is 2. The van der Waals surface area contributed by atoms with E-state index >= 15 is 0 Å². The molecule has 0 saturated heterocycles. The van der Waals surface area contributed by atoms with Gasteiger partial charge < -0.3 is 10.3 Å². The molecule has 0 radical (unpaired) electrons. The van der Waals surface area contributed by atoms with E-state index in [1.165, 1.54) is 11.1 Å². The number of nitrogens with one attached hydrogen (secondary N) is 2. The molecule has 3 heteroatoms. The van der Waals surface area contributed by atoms with Crippen LogP contribution >= 0.6 is 0 Å². The van der Waals surface area contributed by atoms with Crippen LogP contribution in [0.2, 0.25) is 0 Å². The fourth-order valence-corrected chi connectivity index (χ4v) is 2.21. The maximum atomic E-state index is 12.1. The normalized spacial score (nSPS) is 10.7. The first-order chi connectivity index (χ1) is 9.63. The molecule has 0 aliphatic carbocycles. The number of aromatic amines is 1. The molecule has 20 heavy (non-hydrogen) atoms. The van der Waals surface area contributed by atoms with Gasteiger partial charge in [0.2, 0.25) is 0 Å². The Hall–Kier alpha value is -2.55. The van der Waals surface area contributed by atoms with Gasteiger partial charge in [-0.25, -0.2) is 0 Å². The van der Waals surface area contributed by atoms with E-state index in [4.69, 9.17) is 0 Å². The summed E-state index contributed by atoms with van der Waals surface area (Å²) in [6.45, 7) is 4.13. The summed E-state index contributed by atoms with van der Waals surface area (Å²) in [5.74, 6) is 0. The van der Waals surface area contributed by atoms with Crippen LogP contribution in [0.15, 0.2) is 53.3 Å². The van der Waals surface area contributed by atoms with Crippen LogP contribution in [0.1, 0.15) is 11.1 Å². The fourth-order valence-electron chi connectivity index (χ4n) is 2.21. The van der Waals surface area contributed by atoms with Crippen LogP contribution < -0.4 is 10.9 Å². The van der Waals surface area contributed by atoms with Gasteiger partial charge in [-0.2, -0.15) is 0 Å². The van der Waals surface area contributed by atoms with Crippen molar-refractivity contribution in [2.24, 2.45) is 0 Å². The molecule has 0 fully saturated rings. The summed E-state index contributed by atoms with van der Waals surface area (Å²) in [5.41, 5.74) is 4.67. The van der Waals surface area contributed by atoms with Crippen LogP contribution in [0.4, 0.5) is 11.4 Å². The summed E-state index contributed by atoms with van der Waals surface area (Å²) < 4.78 is 0. The summed E-state index contributed by atoms with van der Waals surface area (Å²) in [7, 11) is 0. The Morgan fingerprint density at radius 1 is 0.950 bits per heavy atom. The number of pyridine rings is 1. The monoisotopic (exact) mass is 264 g/mol. The average molecular weight is 264 g/mol. The van der Waals surface area contributed by atoms with E-state index in [9.17, 15) is 4.79 Å². The minimum absolute atomic E-state index is 0.109. The van der Waals surface area contributed by atoms with Gasteiger partial charge in [0, 0.05) is 16.6 Å². The number of anilines is 2. The summed E-state index contributed by atoms with van der Waals surface area (Å²) in [6.07, 6.45) is 0. The van der Waals surface area contributed by atoms with Gasteiger partial charge in [-0.15, -0.1) is 0 Å². The summed E-state index contributed by atoms with van der Waals surface area (Å²) in [5, 5.41) is 4.20. The second-order valence-corrected chi connectivity index (χ2v) is 5.02. The Morgan fingerprint density at radius 3 is 2.55 bits per heavy atom. The minimum atomic E-state index is -0.109. The molecule has 0 aliphatic rings. The van der Waals surface area contributed by atoms with Crippen molar-refractivity contribution in [2.45, 2.75) is 13.8 Å². The Bertz CT molecular complexity index is 834. The van der Waals surface area contributed by atoms with E-state index < -0.39 is 0 Å². The highest BCUT2D eigenvalue weighted by atomic mass is 16.1. The molecule has 0 atom stereocenters. The third-order valence-corrected chi connectivity index (χ3v) is 3.54. The lowest BCUT2D eigenvalue weighted by atomic mass is 10.1. The number of hydrogen-bond donors (Lipinski definition) is 2. The number of hydrogen-bond acceptors (Lipinski definition) is 2. The molecule has 0 saturated carbocycles. The quantitative estimate of drug-likeness (QED) is 0.737. The molecule has 2 aromatic carbocycles. The number of para-hydroxylation sites is 1. The van der Waals surface area contributed by atoms with Crippen molar-refractivity contribution in [3.8, 4) is 0 Å². The maximum absolute atomic E-state index is 12.1. The standard InChI is InChI=1S/C17H16N2O/c1-11-7-8-14(9-12(11)2)18-16-10-13-5-3-4-6-15(13)19-17(16)20/h3-10,18H,1-2H3,(H,19,20). The predicted molar refractivity (Wildman–Crippen MR) is 83.8 cm³/mol. The maximum Gasteiger partial charge on any atom is 0.272 e. The lowest BCUT2D eigenvalue weighted by molar-refractivity contribution is 1.29. The van der Waals surface area contributed by atoms with Crippen molar-refractivity contribution in [1.29, 1.82) is 0 Å². The molecule has 3 nitrogen and oxygen atoms in total. The first-order valence-corrected chi connectivity index (χ1v) is 6.60. The fraction of sp³-hybridized carbons (Fsp3) is 0.118. The SMILES string of the molecule is Cc1ccc(Nc2cc3ccccc3[nH]c2=O)cc1C. The second kappa shape index (κ2) is 4.85. The molecule has 0 unspecified atom stereocenters. The molecule has 1 aromatic heterocycles. The van der Waals surface area contributed by atoms with Crippen LogP contribution in [0.3, 0.4) is 0 Å². The predicted octanol–water partition coefficient (Wildman–Crippen LogP) is 3.89. The van der Waals surface area contributed by atoms with Crippen LogP contribution in [0.5, 0.6) is 0 Å². The largest absolute Gasteiger partial charge is 0.351 e. The zero-order valence-electron chi connectivity index (χ0n) is 11.5. The van der Waals surface area contributed by atoms with E-state index in [-0.39, 0.29) is 5.56 Å². The van der Waals surface area contributed by atoms with Gasteiger partial charge in [-0.1, -0.05) is 24.3 Å². The Balaban J connectivity index is 2.03. The Kier molecular flexibility index (Phi) is 3.03. The molecule has 0 bridgehead atoms. The van der Waals surface area contributed by atoms with Crippen molar-refractivity contribution >= 4 is 22.3 Å². The van der Waals surface area contributed by atoms with Crippen molar-refractivity contribution in [1.82, 2.24) is 4.98 Å². The number of H-pyrrole nitrogens is 1. The Labute approximate surface area is 117 Å². The van der Waals surface area contributed by atoms with E-state index in [1.54, 1.807) is 0 Å². The van der Waals surface area contributed by atoms with E-state index in [1.807, 2.05) is 48.5 Å². The van der Waals surface area contributed by atoms with Gasteiger partial charge in [-0.3, -0.25) is 4.79 Å². The average Bonchev–Trinajstić information content (AvgIpc) is 2.44. The third-order valence-electron chi connectivity index (χ3n) is 3.54. The van der Waals surface area contributed by atoms with Gasteiger partial charge in [0.1, 0.15) is 5.69 Å². The molecular formula is C17H16N2O. The summed E-state index contributed by atoms with van der Waals surface area (Å²) >= 11 is 0. The Morgan fingerprint density at radius 2 is 1.75 bits per heavy atom. The highest BCUT2D eigenvalue weighted by Crippen LogP contribution is 2.19. The van der Waals surface area contributed by atoms with Crippen molar-refractivity contribution in [3.63, 3.8) is 0 Å². The second-order valence-electron chi connectivity index (χ2n) is 5.02. The summed E-state index contributed by atoms with van der Waals surface area (Å²) in [4.78, 5) is 15.0. The molecule has 0 aliphatic heterocycles. The van der Waals surface area contributed by atoms with Crippen LogP contribution in [0, 0.1) is 13.8 Å². The molecule has 3 aromatic rings. The lowest BCUT2D eigenvalue weighted by Gasteiger charge is -2.09. The van der Waals surface area contributed by atoms with E-state index in [0.29, 0.717) is 5.69 Å². The number of rotatable bonds is 2. The van der Waals surface area contributed by atoms with Gasteiger partial charge in [0.15, 0.2) is 0 Å². The molecular weight excluding hydrogens is 248 g/mol. The van der Waals surface area contributed by atoms with Crippen molar-refractivity contribution in [2.75, 3.05) is 5.32 Å². The van der Waals surface area contributed by atoms with Crippen molar-refractivity contribution in [3.05, 3.63) is 70.0 Å². The molecule has 0 amide bonds. The highest BCUT2D eigenvalue weighted by Gasteiger charge is 2.03. The van der Waals surface area contributed by atoms with Gasteiger partial charge >= 0.3 is 0 Å². The third kappa shape index (κ3) is 2.30. The number of fused-ring (bicyclic) bond motifs is 1. The van der Waals surface area contributed by atoms with Crippen LogP contribution in [-0.2, 0) is 0 Å². The van der Waals surface area contributed by atoms with E-state index in [2.05, 4.69) is 24.1 Å². The molecule has 0 spiro atoms. The molecule has 1 heterocycles. The number of aromatic nitrogens is 1. The van der Waals surface area contributed by atoms with E-state index in [0.717, 1.165) is 16.6 Å². The minimum Gasteiger partial charge on any atom is -0.351 e. The van der Waals surface area contributed by atoms with Gasteiger partial charge in [0.05, 0.1) is 0 Å². The van der Waals surface area contributed by atoms with Gasteiger partial charge in [-0.05, 0) is 49.2 Å². The first kappa shape index (κ1) is 12.5. The zero-order valence-corrected chi connectivity index (χ0v) is 11.5. The van der Waals surface area contributed by atoms with Crippen LogP contribution in [-0.4, -0.2) is 4.98 Å². The smallest absolute Gasteiger partial charge is 0.272 e. The van der Waals surface area contributed by atoms with Crippen molar-refractivity contribution < 1.29 is 0 Å². The van der Waals surface area contributed by atoms with Crippen LogP contribution in [0.25, 0.3) is 10.9 Å². The first-order valence-electron chi connectivity index (χ1n) is 6.60.